The molecule has 2 rings (SSSR count). The molecule has 1 aliphatic carbocycles. The molecule has 3 unspecified atom stereocenters. The van der Waals surface area contributed by atoms with Crippen LogP contribution >= 0.6 is 0 Å². The van der Waals surface area contributed by atoms with E-state index in [4.69, 9.17) is 4.74 Å². The van der Waals surface area contributed by atoms with Gasteiger partial charge in [-0.1, -0.05) is 13.8 Å². The van der Waals surface area contributed by atoms with Crippen LogP contribution < -0.4 is 5.32 Å². The van der Waals surface area contributed by atoms with Crippen molar-refractivity contribution >= 4 is 0 Å². The highest BCUT2D eigenvalue weighted by Gasteiger charge is 2.57. The molecule has 0 aromatic carbocycles. The van der Waals surface area contributed by atoms with E-state index in [0.29, 0.717) is 17.6 Å². The fourth-order valence-corrected chi connectivity index (χ4v) is 3.35. The van der Waals surface area contributed by atoms with Gasteiger partial charge in [-0.25, -0.2) is 0 Å². The average Bonchev–Trinajstić information content (AvgIpc) is 2.29. The van der Waals surface area contributed by atoms with Crippen molar-refractivity contribution in [2.24, 2.45) is 11.3 Å². The standard InChI is InChI=1S/C14H23NO/c1-4-5-6-9-15-12-11-8-7-10-16-13(11)14(12,2)3/h11-13,15H,6-10H2,1-3H3. The summed E-state index contributed by atoms with van der Waals surface area (Å²) in [5.41, 5.74) is 0.296. The Kier molecular flexibility index (Phi) is 3.56. The molecule has 1 saturated heterocycles. The van der Waals surface area contributed by atoms with Gasteiger partial charge in [-0.2, -0.15) is 0 Å². The van der Waals surface area contributed by atoms with Crippen molar-refractivity contribution in [2.75, 3.05) is 13.2 Å². The topological polar surface area (TPSA) is 21.3 Å². The third-order valence-electron chi connectivity index (χ3n) is 4.12. The zero-order valence-electron chi connectivity index (χ0n) is 10.7. The van der Waals surface area contributed by atoms with Gasteiger partial charge < -0.3 is 10.1 Å². The number of rotatable bonds is 3. The average molecular weight is 221 g/mol. The van der Waals surface area contributed by atoms with E-state index in [0.717, 1.165) is 25.5 Å². The molecule has 3 atom stereocenters. The predicted octanol–water partition coefficient (Wildman–Crippen LogP) is 2.19. The van der Waals surface area contributed by atoms with E-state index in [1.807, 2.05) is 6.92 Å². The van der Waals surface area contributed by atoms with E-state index in [1.54, 1.807) is 0 Å². The fraction of sp³-hybridized carbons (Fsp3) is 0.857. The van der Waals surface area contributed by atoms with Gasteiger partial charge in [0.15, 0.2) is 0 Å². The quantitative estimate of drug-likeness (QED) is 0.582. The molecule has 0 spiro atoms. The SMILES string of the molecule is CC#CCCNC1C2CCCOC2C1(C)C. The summed E-state index contributed by atoms with van der Waals surface area (Å²) < 4.78 is 5.88. The summed E-state index contributed by atoms with van der Waals surface area (Å²) >= 11 is 0. The maximum absolute atomic E-state index is 5.88. The first-order valence-corrected chi connectivity index (χ1v) is 6.42. The second-order valence-electron chi connectivity index (χ2n) is 5.53. The van der Waals surface area contributed by atoms with Crippen molar-refractivity contribution < 1.29 is 4.74 Å². The number of hydrogen-bond donors (Lipinski definition) is 1. The molecule has 0 aromatic heterocycles. The Morgan fingerprint density at radius 2 is 2.25 bits per heavy atom. The van der Waals surface area contributed by atoms with Gasteiger partial charge in [0.1, 0.15) is 0 Å². The molecular weight excluding hydrogens is 198 g/mol. The molecule has 0 amide bonds. The predicted molar refractivity (Wildman–Crippen MR) is 66.1 cm³/mol. The maximum atomic E-state index is 5.88. The Morgan fingerprint density at radius 1 is 1.44 bits per heavy atom. The zero-order chi connectivity index (χ0) is 11.6. The van der Waals surface area contributed by atoms with E-state index < -0.39 is 0 Å². The van der Waals surface area contributed by atoms with E-state index in [1.165, 1.54) is 12.8 Å². The third kappa shape index (κ3) is 1.99. The van der Waals surface area contributed by atoms with E-state index in [9.17, 15) is 0 Å². The second kappa shape index (κ2) is 4.77. The Bertz CT molecular complexity index is 300. The molecule has 90 valence electrons. The molecule has 16 heavy (non-hydrogen) atoms. The summed E-state index contributed by atoms with van der Waals surface area (Å²) in [5.74, 6) is 6.78. The van der Waals surface area contributed by atoms with Crippen LogP contribution in [0, 0.1) is 23.2 Å². The van der Waals surface area contributed by atoms with Crippen LogP contribution in [0.4, 0.5) is 0 Å². The molecule has 0 radical (unpaired) electrons. The summed E-state index contributed by atoms with van der Waals surface area (Å²) in [7, 11) is 0. The lowest BCUT2D eigenvalue weighted by Crippen LogP contribution is -2.69. The van der Waals surface area contributed by atoms with Crippen molar-refractivity contribution in [3.63, 3.8) is 0 Å². The van der Waals surface area contributed by atoms with Gasteiger partial charge in [0.25, 0.3) is 0 Å². The van der Waals surface area contributed by atoms with Gasteiger partial charge >= 0.3 is 0 Å². The van der Waals surface area contributed by atoms with Gasteiger partial charge in [0.2, 0.25) is 0 Å². The van der Waals surface area contributed by atoms with Gasteiger partial charge in [-0.15, -0.1) is 11.8 Å². The van der Waals surface area contributed by atoms with Crippen LogP contribution in [0.5, 0.6) is 0 Å². The molecule has 1 heterocycles. The summed E-state index contributed by atoms with van der Waals surface area (Å²) in [6.07, 6.45) is 3.99. The molecule has 1 saturated carbocycles. The molecule has 0 bridgehead atoms. The second-order valence-corrected chi connectivity index (χ2v) is 5.53. The first kappa shape index (κ1) is 12.0. The van der Waals surface area contributed by atoms with Crippen molar-refractivity contribution in [1.29, 1.82) is 0 Å². The van der Waals surface area contributed by atoms with Crippen molar-refractivity contribution in [1.82, 2.24) is 5.32 Å². The number of nitrogens with one attached hydrogen (secondary N) is 1. The molecule has 2 fully saturated rings. The lowest BCUT2D eigenvalue weighted by atomic mass is 9.55. The highest BCUT2D eigenvalue weighted by molar-refractivity contribution is 5.10. The van der Waals surface area contributed by atoms with Crippen LogP contribution in [-0.4, -0.2) is 25.3 Å². The Balaban J connectivity index is 1.85. The Morgan fingerprint density at radius 3 is 3.00 bits per heavy atom. The molecule has 2 nitrogen and oxygen atoms in total. The maximum Gasteiger partial charge on any atom is 0.0684 e. The smallest absolute Gasteiger partial charge is 0.0684 e. The lowest BCUT2D eigenvalue weighted by molar-refractivity contribution is -0.192. The molecule has 2 aliphatic rings. The fourth-order valence-electron chi connectivity index (χ4n) is 3.35. The van der Waals surface area contributed by atoms with E-state index in [-0.39, 0.29) is 0 Å². The van der Waals surface area contributed by atoms with Gasteiger partial charge in [0.05, 0.1) is 6.10 Å². The summed E-state index contributed by atoms with van der Waals surface area (Å²) in [5, 5.41) is 3.66. The Labute approximate surface area is 99.1 Å². The number of hydrogen-bond acceptors (Lipinski definition) is 2. The largest absolute Gasteiger partial charge is 0.377 e. The highest BCUT2D eigenvalue weighted by atomic mass is 16.5. The minimum atomic E-state index is 0.296. The highest BCUT2D eigenvalue weighted by Crippen LogP contribution is 2.51. The van der Waals surface area contributed by atoms with E-state index >= 15 is 0 Å². The molecular formula is C14H23NO. The van der Waals surface area contributed by atoms with Crippen LogP contribution in [0.15, 0.2) is 0 Å². The van der Waals surface area contributed by atoms with Crippen molar-refractivity contribution in [2.45, 2.75) is 52.2 Å². The van der Waals surface area contributed by atoms with Crippen molar-refractivity contribution in [3.8, 4) is 11.8 Å². The monoisotopic (exact) mass is 221 g/mol. The molecule has 1 N–H and O–H groups in total. The van der Waals surface area contributed by atoms with Gasteiger partial charge in [-0.05, 0) is 19.8 Å². The van der Waals surface area contributed by atoms with Gasteiger partial charge in [0, 0.05) is 36.9 Å². The van der Waals surface area contributed by atoms with Crippen LogP contribution in [0.2, 0.25) is 0 Å². The van der Waals surface area contributed by atoms with Crippen LogP contribution in [0.3, 0.4) is 0 Å². The van der Waals surface area contributed by atoms with Crippen LogP contribution in [-0.2, 0) is 4.74 Å². The first-order valence-electron chi connectivity index (χ1n) is 6.42. The molecule has 1 aliphatic heterocycles. The minimum absolute atomic E-state index is 0.296. The minimum Gasteiger partial charge on any atom is -0.377 e. The summed E-state index contributed by atoms with van der Waals surface area (Å²) in [6.45, 7) is 8.51. The third-order valence-corrected chi connectivity index (χ3v) is 4.12. The lowest BCUT2D eigenvalue weighted by Gasteiger charge is -2.60. The molecule has 2 heteroatoms. The normalized spacial score (nSPS) is 35.6. The Hall–Kier alpha value is -0.520. The number of fused-ring (bicyclic) bond motifs is 1. The van der Waals surface area contributed by atoms with Gasteiger partial charge in [-0.3, -0.25) is 0 Å². The van der Waals surface area contributed by atoms with E-state index in [2.05, 4.69) is 31.0 Å². The van der Waals surface area contributed by atoms with Crippen molar-refractivity contribution in [3.05, 3.63) is 0 Å². The van der Waals surface area contributed by atoms with Crippen LogP contribution in [0.25, 0.3) is 0 Å². The molecule has 0 aromatic rings. The van der Waals surface area contributed by atoms with Crippen LogP contribution in [0.1, 0.15) is 40.0 Å². The summed E-state index contributed by atoms with van der Waals surface area (Å²) in [6, 6.07) is 0.622. The zero-order valence-corrected chi connectivity index (χ0v) is 10.7. The summed E-state index contributed by atoms with van der Waals surface area (Å²) in [4.78, 5) is 0. The first-order chi connectivity index (χ1) is 7.68. The number of ether oxygens (including phenoxy) is 1.